The zero-order valence-corrected chi connectivity index (χ0v) is 16.6. The van der Waals surface area contributed by atoms with Crippen LogP contribution in [0.25, 0.3) is 11.0 Å². The molecule has 3 heterocycles. The fourth-order valence-electron chi connectivity index (χ4n) is 4.04. The lowest BCUT2D eigenvalue weighted by Gasteiger charge is -2.25. The summed E-state index contributed by atoms with van der Waals surface area (Å²) in [7, 11) is 0. The molecule has 7 nitrogen and oxygen atoms in total. The number of nitrogens with one attached hydrogen (secondary N) is 2. The molecule has 4 N–H and O–H groups in total. The van der Waals surface area contributed by atoms with Crippen molar-refractivity contribution in [3.8, 4) is 0 Å². The lowest BCUT2D eigenvalue weighted by molar-refractivity contribution is 0.239. The molecular weight excluding hydrogens is 354 g/mol. The molecule has 1 atom stereocenters. The molecule has 0 saturated carbocycles. The number of nitrogens with zero attached hydrogens (tertiary/aromatic N) is 3. The summed E-state index contributed by atoms with van der Waals surface area (Å²) in [5, 5.41) is 27.1. The fraction of sp³-hybridized carbons (Fsp3) is 0.524. The monoisotopic (exact) mass is 383 g/mol. The van der Waals surface area contributed by atoms with Gasteiger partial charge >= 0.3 is 0 Å². The number of benzene rings is 1. The van der Waals surface area contributed by atoms with Gasteiger partial charge in [-0.25, -0.2) is 4.98 Å². The number of hydrogen-bond donors (Lipinski definition) is 4. The van der Waals surface area contributed by atoms with Gasteiger partial charge in [-0.05, 0) is 63.4 Å². The Bertz CT molecular complexity index is 925. The third-order valence-corrected chi connectivity index (χ3v) is 5.62. The summed E-state index contributed by atoms with van der Waals surface area (Å²) >= 11 is 0. The van der Waals surface area contributed by atoms with Crippen LogP contribution in [0.2, 0.25) is 0 Å². The number of piperidine rings is 1. The van der Waals surface area contributed by atoms with Gasteiger partial charge in [0.2, 0.25) is 5.95 Å². The number of aryl methyl sites for hydroxylation is 1. The molecule has 1 aromatic carbocycles. The second kappa shape index (κ2) is 8.03. The van der Waals surface area contributed by atoms with Gasteiger partial charge in [-0.15, -0.1) is 0 Å². The van der Waals surface area contributed by atoms with E-state index < -0.39 is 6.10 Å². The molecule has 1 saturated heterocycles. The van der Waals surface area contributed by atoms with Crippen molar-refractivity contribution in [1.82, 2.24) is 14.9 Å². The molecule has 0 radical (unpaired) electrons. The van der Waals surface area contributed by atoms with E-state index in [2.05, 4.69) is 20.2 Å². The average molecular weight is 383 g/mol. The largest absolute Gasteiger partial charge is 0.392 e. The minimum Gasteiger partial charge on any atom is -0.392 e. The lowest BCUT2D eigenvalue weighted by atomic mass is 10.1. The molecule has 1 aromatic heterocycles. The van der Waals surface area contributed by atoms with Crippen molar-refractivity contribution in [3.05, 3.63) is 35.0 Å². The Balaban J connectivity index is 1.77. The molecule has 2 aromatic rings. The molecule has 1 fully saturated rings. The minimum atomic E-state index is -0.574. The predicted molar refractivity (Wildman–Crippen MR) is 112 cm³/mol. The first kappa shape index (κ1) is 19.1. The maximum atomic E-state index is 10.4. The van der Waals surface area contributed by atoms with Gasteiger partial charge in [-0.1, -0.05) is 12.1 Å². The van der Waals surface area contributed by atoms with Gasteiger partial charge in [-0.3, -0.25) is 4.99 Å². The van der Waals surface area contributed by atoms with E-state index in [1.807, 2.05) is 32.1 Å². The first-order valence-corrected chi connectivity index (χ1v) is 10.1. The van der Waals surface area contributed by atoms with E-state index in [1.165, 1.54) is 0 Å². The normalized spacial score (nSPS) is 20.9. The number of fused-ring (bicyclic) bond motifs is 1. The Morgan fingerprint density at radius 2 is 2.04 bits per heavy atom. The average Bonchev–Trinajstić information content (AvgIpc) is 3.03. The Morgan fingerprint density at radius 1 is 1.25 bits per heavy atom. The molecule has 0 amide bonds. The van der Waals surface area contributed by atoms with Crippen LogP contribution in [0.4, 0.5) is 5.95 Å². The van der Waals surface area contributed by atoms with Crippen LogP contribution in [-0.4, -0.2) is 50.7 Å². The Kier molecular flexibility index (Phi) is 5.48. The van der Waals surface area contributed by atoms with Crippen molar-refractivity contribution >= 4 is 22.7 Å². The van der Waals surface area contributed by atoms with Crippen LogP contribution in [-0.2, 0) is 13.2 Å². The highest BCUT2D eigenvalue weighted by Gasteiger charge is 2.22. The van der Waals surface area contributed by atoms with Crippen LogP contribution in [0.1, 0.15) is 37.3 Å². The second-order valence-electron chi connectivity index (χ2n) is 7.83. The molecule has 1 unspecified atom stereocenters. The molecule has 2 aliphatic rings. The molecule has 4 rings (SSSR count). The maximum Gasteiger partial charge on any atom is 0.204 e. The van der Waals surface area contributed by atoms with E-state index in [-0.39, 0.29) is 6.61 Å². The topological polar surface area (TPSA) is 94.7 Å². The number of allylic oxidation sites excluding steroid dienone is 1. The molecular formula is C21H29N5O2. The summed E-state index contributed by atoms with van der Waals surface area (Å²) in [4.78, 5) is 9.48. The number of aliphatic imine (C=N–C) groups is 1. The van der Waals surface area contributed by atoms with Crippen LogP contribution in [0.15, 0.2) is 28.9 Å². The number of aromatic nitrogens is 2. The van der Waals surface area contributed by atoms with E-state index in [1.54, 1.807) is 0 Å². The smallest absolute Gasteiger partial charge is 0.204 e. The molecule has 0 spiro atoms. The molecule has 150 valence electrons. The first-order valence-electron chi connectivity index (χ1n) is 10.1. The van der Waals surface area contributed by atoms with Gasteiger partial charge in [0, 0.05) is 11.7 Å². The summed E-state index contributed by atoms with van der Waals surface area (Å²) in [5.41, 5.74) is 5.47. The lowest BCUT2D eigenvalue weighted by Crippen LogP contribution is -2.36. The highest BCUT2D eigenvalue weighted by Crippen LogP contribution is 2.27. The summed E-state index contributed by atoms with van der Waals surface area (Å²) in [6.07, 6.45) is 4.08. The van der Waals surface area contributed by atoms with E-state index in [9.17, 15) is 10.2 Å². The highest BCUT2D eigenvalue weighted by atomic mass is 16.3. The summed E-state index contributed by atoms with van der Waals surface area (Å²) in [5.74, 6) is 0.808. The van der Waals surface area contributed by atoms with E-state index in [4.69, 9.17) is 4.98 Å². The fourth-order valence-corrected chi connectivity index (χ4v) is 4.04. The van der Waals surface area contributed by atoms with Gasteiger partial charge in [0.25, 0.3) is 0 Å². The Labute approximate surface area is 165 Å². The number of hydrogen-bond acceptors (Lipinski definition) is 6. The maximum absolute atomic E-state index is 10.4. The third-order valence-electron chi connectivity index (χ3n) is 5.62. The van der Waals surface area contributed by atoms with Crippen LogP contribution in [0.3, 0.4) is 0 Å². The first-order chi connectivity index (χ1) is 13.5. The Hall–Kier alpha value is -2.22. The number of aliphatic hydroxyl groups is 2. The van der Waals surface area contributed by atoms with Crippen LogP contribution in [0, 0.1) is 6.92 Å². The Morgan fingerprint density at radius 3 is 2.79 bits per heavy atom. The molecule has 2 aliphatic heterocycles. The number of aliphatic hydroxyl groups excluding tert-OH is 2. The van der Waals surface area contributed by atoms with Crippen molar-refractivity contribution in [2.75, 3.05) is 18.4 Å². The minimum absolute atomic E-state index is 0.00949. The van der Waals surface area contributed by atoms with Crippen molar-refractivity contribution in [2.45, 2.75) is 58.4 Å². The molecule has 0 aliphatic carbocycles. The van der Waals surface area contributed by atoms with E-state index in [0.717, 1.165) is 65.4 Å². The summed E-state index contributed by atoms with van der Waals surface area (Å²) < 4.78 is 2.10. The van der Waals surface area contributed by atoms with Gasteiger partial charge in [0.15, 0.2) is 0 Å². The predicted octanol–water partition coefficient (Wildman–Crippen LogP) is 2.11. The van der Waals surface area contributed by atoms with Crippen LogP contribution < -0.4 is 10.6 Å². The number of anilines is 1. The van der Waals surface area contributed by atoms with Gasteiger partial charge in [0.05, 0.1) is 36.0 Å². The van der Waals surface area contributed by atoms with E-state index in [0.29, 0.717) is 19.0 Å². The summed E-state index contributed by atoms with van der Waals surface area (Å²) in [6, 6.07) is 4.34. The number of rotatable bonds is 5. The zero-order chi connectivity index (χ0) is 19.7. The van der Waals surface area contributed by atoms with Crippen molar-refractivity contribution in [3.63, 3.8) is 0 Å². The molecule has 7 heteroatoms. The molecule has 28 heavy (non-hydrogen) atoms. The quantitative estimate of drug-likeness (QED) is 0.634. The zero-order valence-electron chi connectivity index (χ0n) is 16.6. The van der Waals surface area contributed by atoms with Gasteiger partial charge in [-0.2, -0.15) is 0 Å². The standard InChI is InChI=1S/C21H29N5O2/c1-13-9-15(12-27)10-18-20(13)25-21(24-16-5-7-22-8-6-16)26(18)11-17-19(28)4-3-14(2)23-17/h3,9-10,16,19,22,27-28H,4-8,11-12H2,1-2H3,(H,24,25). The summed E-state index contributed by atoms with van der Waals surface area (Å²) in [6.45, 7) is 6.45. The second-order valence-corrected chi connectivity index (χ2v) is 7.83. The van der Waals surface area contributed by atoms with E-state index >= 15 is 0 Å². The van der Waals surface area contributed by atoms with Crippen molar-refractivity contribution in [1.29, 1.82) is 0 Å². The number of imidazole rings is 1. The van der Waals surface area contributed by atoms with Gasteiger partial charge in [0.1, 0.15) is 0 Å². The van der Waals surface area contributed by atoms with Crippen molar-refractivity contribution < 1.29 is 10.2 Å². The third kappa shape index (κ3) is 3.83. The van der Waals surface area contributed by atoms with Gasteiger partial charge < -0.3 is 25.4 Å². The SMILES string of the molecule is CC1=CCC(O)C(Cn2c(NC3CCNCC3)nc3c(C)cc(CO)cc32)=N1. The van der Waals surface area contributed by atoms with Crippen LogP contribution >= 0.6 is 0 Å². The van der Waals surface area contributed by atoms with Crippen molar-refractivity contribution in [2.24, 2.45) is 4.99 Å². The van der Waals surface area contributed by atoms with Crippen LogP contribution in [0.5, 0.6) is 0 Å². The molecule has 0 bridgehead atoms. The highest BCUT2D eigenvalue weighted by molar-refractivity contribution is 5.92.